The van der Waals surface area contributed by atoms with Gasteiger partial charge in [0.1, 0.15) is 5.60 Å². The summed E-state index contributed by atoms with van der Waals surface area (Å²) in [5.41, 5.74) is 1.79. The number of benzene rings is 1. The van der Waals surface area contributed by atoms with Crippen molar-refractivity contribution in [3.63, 3.8) is 0 Å². The molecule has 0 unspecified atom stereocenters. The molecule has 0 aliphatic carbocycles. The van der Waals surface area contributed by atoms with Crippen molar-refractivity contribution in [2.75, 3.05) is 16.8 Å². The van der Waals surface area contributed by atoms with E-state index in [-0.39, 0.29) is 6.09 Å². The Hall–Kier alpha value is -1.42. The summed E-state index contributed by atoms with van der Waals surface area (Å²) in [6.07, 6.45) is -0.350. The molecule has 21 heavy (non-hydrogen) atoms. The summed E-state index contributed by atoms with van der Waals surface area (Å²) in [4.78, 5) is 14.3. The van der Waals surface area contributed by atoms with Crippen molar-refractivity contribution in [2.24, 2.45) is 0 Å². The molecule has 116 valence electrons. The van der Waals surface area contributed by atoms with E-state index in [4.69, 9.17) is 16.3 Å². The highest BCUT2D eigenvalue weighted by atomic mass is 35.5. The van der Waals surface area contributed by atoms with E-state index in [1.807, 2.05) is 53.7 Å². The SMILES string of the molecule is Cc1cc(Cl)cc2c1NCC(C)(C)N2C(=O)OC(C)(C)C. The van der Waals surface area contributed by atoms with E-state index in [0.29, 0.717) is 11.6 Å². The smallest absolute Gasteiger partial charge is 0.415 e. The van der Waals surface area contributed by atoms with Crippen LogP contribution in [0, 0.1) is 6.92 Å². The first kappa shape index (κ1) is 16.0. The molecular formula is C16H23ClN2O2. The van der Waals surface area contributed by atoms with Gasteiger partial charge in [0.25, 0.3) is 0 Å². The van der Waals surface area contributed by atoms with Crippen LogP contribution in [0.2, 0.25) is 5.02 Å². The second-order valence-corrected chi connectivity index (χ2v) is 7.53. The number of anilines is 2. The van der Waals surface area contributed by atoms with Gasteiger partial charge in [0.15, 0.2) is 0 Å². The number of carbonyl (C=O) groups is 1. The lowest BCUT2D eigenvalue weighted by atomic mass is 9.96. The molecule has 2 rings (SSSR count). The molecule has 0 aromatic heterocycles. The lowest BCUT2D eigenvalue weighted by molar-refractivity contribution is 0.0547. The van der Waals surface area contributed by atoms with Gasteiger partial charge >= 0.3 is 6.09 Å². The first-order valence-electron chi connectivity index (χ1n) is 7.08. The van der Waals surface area contributed by atoms with Crippen LogP contribution in [-0.2, 0) is 4.74 Å². The van der Waals surface area contributed by atoms with Crippen molar-refractivity contribution < 1.29 is 9.53 Å². The molecule has 1 amide bonds. The molecule has 0 saturated carbocycles. The van der Waals surface area contributed by atoms with Gasteiger partial charge in [-0.15, -0.1) is 0 Å². The molecule has 1 heterocycles. The Kier molecular flexibility index (Phi) is 3.87. The average molecular weight is 311 g/mol. The van der Waals surface area contributed by atoms with Crippen LogP contribution < -0.4 is 10.2 Å². The predicted molar refractivity (Wildman–Crippen MR) is 87.5 cm³/mol. The Morgan fingerprint density at radius 1 is 1.38 bits per heavy atom. The first-order chi connectivity index (χ1) is 9.51. The maximum Gasteiger partial charge on any atom is 0.415 e. The van der Waals surface area contributed by atoms with Crippen LogP contribution in [0.15, 0.2) is 12.1 Å². The number of halogens is 1. The van der Waals surface area contributed by atoms with Gasteiger partial charge in [-0.3, -0.25) is 4.90 Å². The molecule has 0 spiro atoms. The first-order valence-corrected chi connectivity index (χ1v) is 7.46. The normalized spacial score (nSPS) is 17.0. The fraction of sp³-hybridized carbons (Fsp3) is 0.562. The van der Waals surface area contributed by atoms with E-state index in [1.165, 1.54) is 0 Å². The van der Waals surface area contributed by atoms with Crippen molar-refractivity contribution in [1.82, 2.24) is 0 Å². The van der Waals surface area contributed by atoms with Crippen molar-refractivity contribution in [3.05, 3.63) is 22.7 Å². The van der Waals surface area contributed by atoms with Gasteiger partial charge in [-0.05, 0) is 59.2 Å². The van der Waals surface area contributed by atoms with Gasteiger partial charge in [-0.2, -0.15) is 0 Å². The lowest BCUT2D eigenvalue weighted by Gasteiger charge is -2.44. The van der Waals surface area contributed by atoms with Crippen molar-refractivity contribution in [2.45, 2.75) is 52.7 Å². The number of carbonyl (C=O) groups excluding carboxylic acids is 1. The molecule has 0 bridgehead atoms. The minimum absolute atomic E-state index is 0.350. The van der Waals surface area contributed by atoms with Crippen LogP contribution in [0.1, 0.15) is 40.2 Å². The molecule has 0 fully saturated rings. The highest BCUT2D eigenvalue weighted by Crippen LogP contribution is 2.40. The molecule has 1 aliphatic rings. The second-order valence-electron chi connectivity index (χ2n) is 7.10. The van der Waals surface area contributed by atoms with Crippen LogP contribution in [0.4, 0.5) is 16.2 Å². The highest BCUT2D eigenvalue weighted by molar-refractivity contribution is 6.31. The predicted octanol–water partition coefficient (Wildman–Crippen LogP) is 4.59. The fourth-order valence-electron chi connectivity index (χ4n) is 2.49. The largest absolute Gasteiger partial charge is 0.443 e. The number of nitrogens with one attached hydrogen (secondary N) is 1. The van der Waals surface area contributed by atoms with Crippen molar-refractivity contribution >= 4 is 29.1 Å². The number of hydrogen-bond acceptors (Lipinski definition) is 3. The van der Waals surface area contributed by atoms with Gasteiger partial charge in [-0.1, -0.05) is 11.6 Å². The standard InChI is InChI=1S/C16H23ClN2O2/c1-10-7-11(17)8-12-13(10)18-9-16(5,6)19(12)14(20)21-15(2,3)4/h7-8,18H,9H2,1-6H3. The van der Waals surface area contributed by atoms with Crippen molar-refractivity contribution in [1.29, 1.82) is 0 Å². The number of nitrogens with zero attached hydrogens (tertiary/aromatic N) is 1. The Balaban J connectivity index is 2.51. The lowest BCUT2D eigenvalue weighted by Crippen LogP contribution is -2.56. The molecule has 0 radical (unpaired) electrons. The molecule has 1 aromatic carbocycles. The number of amides is 1. The average Bonchev–Trinajstić information content (AvgIpc) is 2.23. The molecule has 0 saturated heterocycles. The summed E-state index contributed by atoms with van der Waals surface area (Å²) in [7, 11) is 0. The fourth-order valence-corrected chi connectivity index (χ4v) is 2.76. The van der Waals surface area contributed by atoms with Gasteiger partial charge < -0.3 is 10.1 Å². The molecule has 0 atom stereocenters. The third-order valence-corrected chi connectivity index (χ3v) is 3.62. The molecule has 4 nitrogen and oxygen atoms in total. The van der Waals surface area contributed by atoms with Gasteiger partial charge in [0.05, 0.1) is 16.9 Å². The van der Waals surface area contributed by atoms with Crippen LogP contribution in [-0.4, -0.2) is 23.8 Å². The van der Waals surface area contributed by atoms with Gasteiger partial charge in [-0.25, -0.2) is 4.79 Å². The van der Waals surface area contributed by atoms with E-state index >= 15 is 0 Å². The van der Waals surface area contributed by atoms with Gasteiger partial charge in [0.2, 0.25) is 0 Å². The van der Waals surface area contributed by atoms with E-state index < -0.39 is 11.1 Å². The van der Waals surface area contributed by atoms with E-state index in [0.717, 1.165) is 16.9 Å². The number of hydrogen-bond donors (Lipinski definition) is 1. The summed E-state index contributed by atoms with van der Waals surface area (Å²) in [5.74, 6) is 0. The molecule has 1 aromatic rings. The summed E-state index contributed by atoms with van der Waals surface area (Å²) < 4.78 is 5.57. The van der Waals surface area contributed by atoms with Crippen LogP contribution in [0.25, 0.3) is 0 Å². The summed E-state index contributed by atoms with van der Waals surface area (Å²) >= 11 is 6.17. The number of rotatable bonds is 0. The zero-order chi connectivity index (χ0) is 16.0. The van der Waals surface area contributed by atoms with Crippen LogP contribution in [0.3, 0.4) is 0 Å². The third-order valence-electron chi connectivity index (χ3n) is 3.40. The Bertz CT molecular complexity index is 576. The Morgan fingerprint density at radius 2 is 2.00 bits per heavy atom. The van der Waals surface area contributed by atoms with Crippen molar-refractivity contribution in [3.8, 4) is 0 Å². The minimum atomic E-state index is -0.536. The summed E-state index contributed by atoms with van der Waals surface area (Å²) in [5, 5.41) is 4.00. The third kappa shape index (κ3) is 3.26. The number of ether oxygens (including phenoxy) is 1. The Labute approximate surface area is 131 Å². The topological polar surface area (TPSA) is 41.6 Å². The molecular weight excluding hydrogens is 288 g/mol. The number of fused-ring (bicyclic) bond motifs is 1. The molecule has 5 heteroatoms. The maximum absolute atomic E-state index is 12.6. The van der Waals surface area contributed by atoms with Crippen LogP contribution in [0.5, 0.6) is 0 Å². The van der Waals surface area contributed by atoms with Gasteiger partial charge in [0, 0.05) is 11.6 Å². The maximum atomic E-state index is 12.6. The monoisotopic (exact) mass is 310 g/mol. The zero-order valence-corrected chi connectivity index (χ0v) is 14.3. The van der Waals surface area contributed by atoms with E-state index in [2.05, 4.69) is 5.32 Å². The van der Waals surface area contributed by atoms with Crippen LogP contribution >= 0.6 is 11.6 Å². The highest BCUT2D eigenvalue weighted by Gasteiger charge is 2.40. The molecule has 1 aliphatic heterocycles. The second kappa shape index (κ2) is 5.09. The van der Waals surface area contributed by atoms with E-state index in [1.54, 1.807) is 4.90 Å². The molecule has 1 N–H and O–H groups in total. The summed E-state index contributed by atoms with van der Waals surface area (Å²) in [6.45, 7) is 12.2. The zero-order valence-electron chi connectivity index (χ0n) is 13.5. The quantitative estimate of drug-likeness (QED) is 0.761. The Morgan fingerprint density at radius 3 is 2.57 bits per heavy atom. The minimum Gasteiger partial charge on any atom is -0.443 e. The number of aryl methyl sites for hydroxylation is 1. The van der Waals surface area contributed by atoms with E-state index in [9.17, 15) is 4.79 Å². The summed E-state index contributed by atoms with van der Waals surface area (Å²) in [6, 6.07) is 3.70.